The van der Waals surface area contributed by atoms with Crippen molar-refractivity contribution in [2.75, 3.05) is 11.4 Å². The maximum absolute atomic E-state index is 4.79. The highest BCUT2D eigenvalue weighted by Crippen LogP contribution is 2.25. The van der Waals surface area contributed by atoms with Gasteiger partial charge in [0.1, 0.15) is 5.82 Å². The molecule has 1 aromatic rings. The van der Waals surface area contributed by atoms with Crippen LogP contribution in [0.3, 0.4) is 0 Å². The first kappa shape index (κ1) is 15.2. The van der Waals surface area contributed by atoms with Crippen LogP contribution >= 0.6 is 0 Å². The van der Waals surface area contributed by atoms with Gasteiger partial charge < -0.3 is 10.2 Å². The third kappa shape index (κ3) is 4.17. The topological polar surface area (TPSA) is 41.1 Å². The number of hydrogen-bond donors (Lipinski definition) is 1. The molecule has 1 saturated carbocycles. The number of nitrogens with zero attached hydrogens (tertiary/aromatic N) is 3. The number of hydrogen-bond acceptors (Lipinski definition) is 4. The van der Waals surface area contributed by atoms with Gasteiger partial charge in [-0.25, -0.2) is 4.98 Å². The first-order valence-electron chi connectivity index (χ1n) is 8.01. The van der Waals surface area contributed by atoms with Gasteiger partial charge in [0.2, 0.25) is 0 Å². The third-order valence-electron chi connectivity index (χ3n) is 4.01. The molecule has 0 bridgehead atoms. The summed E-state index contributed by atoms with van der Waals surface area (Å²) in [5.41, 5.74) is 1.03. The molecule has 0 unspecified atom stereocenters. The van der Waals surface area contributed by atoms with Gasteiger partial charge in [-0.05, 0) is 19.8 Å². The van der Waals surface area contributed by atoms with E-state index in [1.807, 2.05) is 12.4 Å². The molecule has 0 saturated heterocycles. The van der Waals surface area contributed by atoms with E-state index in [0.29, 0.717) is 12.1 Å². The summed E-state index contributed by atoms with van der Waals surface area (Å²) in [7, 11) is 0. The van der Waals surface area contributed by atoms with Crippen LogP contribution in [0.1, 0.15) is 58.6 Å². The van der Waals surface area contributed by atoms with Crippen LogP contribution < -0.4 is 10.2 Å². The van der Waals surface area contributed by atoms with Gasteiger partial charge >= 0.3 is 0 Å². The van der Waals surface area contributed by atoms with Gasteiger partial charge in [0.15, 0.2) is 0 Å². The van der Waals surface area contributed by atoms with Crippen molar-refractivity contribution < 1.29 is 0 Å². The molecule has 1 aliphatic carbocycles. The van der Waals surface area contributed by atoms with Crippen LogP contribution in [0.25, 0.3) is 0 Å². The molecule has 1 aromatic heterocycles. The SMILES string of the molecule is CCN(c1cncc(CNC(C)C)n1)C1CCCCC1. The molecule has 0 aliphatic heterocycles. The second kappa shape index (κ2) is 7.58. The summed E-state index contributed by atoms with van der Waals surface area (Å²) < 4.78 is 0. The molecular weight excluding hydrogens is 248 g/mol. The second-order valence-corrected chi connectivity index (χ2v) is 5.98. The van der Waals surface area contributed by atoms with Gasteiger partial charge in [0.05, 0.1) is 11.9 Å². The van der Waals surface area contributed by atoms with Crippen LogP contribution in [0.4, 0.5) is 5.82 Å². The van der Waals surface area contributed by atoms with Crippen molar-refractivity contribution in [1.82, 2.24) is 15.3 Å². The Morgan fingerprint density at radius 1 is 1.25 bits per heavy atom. The number of aromatic nitrogens is 2. The third-order valence-corrected chi connectivity index (χ3v) is 4.01. The molecular formula is C16H28N4. The van der Waals surface area contributed by atoms with Gasteiger partial charge in [-0.1, -0.05) is 33.1 Å². The van der Waals surface area contributed by atoms with Crippen molar-refractivity contribution in [1.29, 1.82) is 0 Å². The van der Waals surface area contributed by atoms with Crippen LogP contribution in [0.15, 0.2) is 12.4 Å². The number of anilines is 1. The van der Waals surface area contributed by atoms with E-state index < -0.39 is 0 Å². The smallest absolute Gasteiger partial charge is 0.147 e. The minimum absolute atomic E-state index is 0.473. The fourth-order valence-corrected chi connectivity index (χ4v) is 2.93. The van der Waals surface area contributed by atoms with Crippen molar-refractivity contribution in [3.05, 3.63) is 18.1 Å². The lowest BCUT2D eigenvalue weighted by atomic mass is 9.94. The molecule has 4 nitrogen and oxygen atoms in total. The molecule has 112 valence electrons. The first-order chi connectivity index (χ1) is 9.70. The lowest BCUT2D eigenvalue weighted by Gasteiger charge is -2.34. The Morgan fingerprint density at radius 2 is 2.00 bits per heavy atom. The molecule has 0 spiro atoms. The zero-order valence-corrected chi connectivity index (χ0v) is 13.1. The molecule has 1 N–H and O–H groups in total. The van der Waals surface area contributed by atoms with Crippen LogP contribution in [0.5, 0.6) is 0 Å². The van der Waals surface area contributed by atoms with Crippen LogP contribution in [-0.2, 0) is 6.54 Å². The fraction of sp³-hybridized carbons (Fsp3) is 0.750. The highest BCUT2D eigenvalue weighted by molar-refractivity contribution is 5.37. The minimum atomic E-state index is 0.473. The maximum atomic E-state index is 4.79. The van der Waals surface area contributed by atoms with Gasteiger partial charge in [-0.3, -0.25) is 4.98 Å². The van der Waals surface area contributed by atoms with Crippen molar-refractivity contribution in [3.63, 3.8) is 0 Å². The summed E-state index contributed by atoms with van der Waals surface area (Å²) in [5, 5.41) is 3.40. The largest absolute Gasteiger partial charge is 0.353 e. The summed E-state index contributed by atoms with van der Waals surface area (Å²) in [6, 6.07) is 1.12. The summed E-state index contributed by atoms with van der Waals surface area (Å²) in [5.74, 6) is 1.04. The fourth-order valence-electron chi connectivity index (χ4n) is 2.93. The molecule has 0 aromatic carbocycles. The van der Waals surface area contributed by atoms with E-state index in [4.69, 9.17) is 4.98 Å². The average Bonchev–Trinajstić information content (AvgIpc) is 2.47. The Balaban J connectivity index is 2.06. The Hall–Kier alpha value is -1.16. The van der Waals surface area contributed by atoms with Crippen LogP contribution in [0, 0.1) is 0 Å². The molecule has 4 heteroatoms. The first-order valence-corrected chi connectivity index (χ1v) is 8.01. The van der Waals surface area contributed by atoms with Crippen molar-refractivity contribution >= 4 is 5.82 Å². The lowest BCUT2D eigenvalue weighted by molar-refractivity contribution is 0.415. The van der Waals surface area contributed by atoms with E-state index in [1.54, 1.807) is 0 Å². The number of nitrogens with one attached hydrogen (secondary N) is 1. The van der Waals surface area contributed by atoms with E-state index >= 15 is 0 Å². The quantitative estimate of drug-likeness (QED) is 0.866. The summed E-state index contributed by atoms with van der Waals surface area (Å²) in [6.45, 7) is 8.33. The van der Waals surface area contributed by atoms with Crippen LogP contribution in [0.2, 0.25) is 0 Å². The zero-order chi connectivity index (χ0) is 14.4. The Labute approximate surface area is 123 Å². The summed E-state index contributed by atoms with van der Waals surface area (Å²) >= 11 is 0. The molecule has 20 heavy (non-hydrogen) atoms. The van der Waals surface area contributed by atoms with Crippen molar-refractivity contribution in [2.24, 2.45) is 0 Å². The molecule has 1 heterocycles. The normalized spacial score (nSPS) is 16.6. The van der Waals surface area contributed by atoms with E-state index in [-0.39, 0.29) is 0 Å². The Kier molecular flexibility index (Phi) is 5.77. The highest BCUT2D eigenvalue weighted by Gasteiger charge is 2.21. The molecule has 0 amide bonds. The predicted molar refractivity (Wildman–Crippen MR) is 83.9 cm³/mol. The summed E-state index contributed by atoms with van der Waals surface area (Å²) in [4.78, 5) is 11.6. The second-order valence-electron chi connectivity index (χ2n) is 5.98. The van der Waals surface area contributed by atoms with E-state index in [1.165, 1.54) is 32.1 Å². The summed E-state index contributed by atoms with van der Waals surface area (Å²) in [6.07, 6.45) is 10.5. The van der Waals surface area contributed by atoms with Gasteiger partial charge in [-0.2, -0.15) is 0 Å². The minimum Gasteiger partial charge on any atom is -0.353 e. The van der Waals surface area contributed by atoms with Crippen LogP contribution in [-0.4, -0.2) is 28.6 Å². The molecule has 2 rings (SSSR count). The molecule has 1 aliphatic rings. The van der Waals surface area contributed by atoms with E-state index in [2.05, 4.69) is 36.0 Å². The van der Waals surface area contributed by atoms with Gasteiger partial charge in [0.25, 0.3) is 0 Å². The molecule has 1 fully saturated rings. The maximum Gasteiger partial charge on any atom is 0.147 e. The predicted octanol–water partition coefficient (Wildman–Crippen LogP) is 3.13. The van der Waals surface area contributed by atoms with Crippen molar-refractivity contribution in [3.8, 4) is 0 Å². The van der Waals surface area contributed by atoms with E-state index in [9.17, 15) is 0 Å². The zero-order valence-electron chi connectivity index (χ0n) is 13.1. The average molecular weight is 276 g/mol. The molecule has 0 radical (unpaired) electrons. The number of rotatable bonds is 6. The molecule has 0 atom stereocenters. The monoisotopic (exact) mass is 276 g/mol. The lowest BCUT2D eigenvalue weighted by Crippen LogP contribution is -2.37. The Morgan fingerprint density at radius 3 is 2.65 bits per heavy atom. The van der Waals surface area contributed by atoms with Gasteiger partial charge in [0, 0.05) is 31.4 Å². The van der Waals surface area contributed by atoms with Gasteiger partial charge in [-0.15, -0.1) is 0 Å². The van der Waals surface area contributed by atoms with E-state index in [0.717, 1.165) is 24.6 Å². The Bertz CT molecular complexity index is 399. The van der Waals surface area contributed by atoms with Crippen molar-refractivity contribution in [2.45, 2.75) is 71.5 Å². The standard InChI is InChI=1S/C16H28N4/c1-4-20(15-8-6-5-7-9-15)16-12-17-10-14(19-16)11-18-13(2)3/h10,12-13,15,18H,4-9,11H2,1-3H3. The highest BCUT2D eigenvalue weighted by atomic mass is 15.2.